The van der Waals surface area contributed by atoms with Crippen LogP contribution in [0.3, 0.4) is 0 Å². The van der Waals surface area contributed by atoms with Gasteiger partial charge in [-0.15, -0.1) is 5.10 Å². The molecule has 0 unspecified atom stereocenters. The number of carbonyl (C=O) groups is 3. The van der Waals surface area contributed by atoms with Gasteiger partial charge < -0.3 is 20.5 Å². The minimum atomic E-state index is -0.957. The molecule has 3 amide bonds. The van der Waals surface area contributed by atoms with E-state index >= 15 is 0 Å². The molecular formula is C27H21ClN8O4. The van der Waals surface area contributed by atoms with Crippen molar-refractivity contribution in [3.05, 3.63) is 95.3 Å². The monoisotopic (exact) mass is 556 g/mol. The van der Waals surface area contributed by atoms with Crippen molar-refractivity contribution in [1.29, 1.82) is 0 Å². The second-order valence-corrected chi connectivity index (χ2v) is 8.97. The van der Waals surface area contributed by atoms with Gasteiger partial charge in [0.2, 0.25) is 18.2 Å². The summed E-state index contributed by atoms with van der Waals surface area (Å²) in [6, 6.07) is 18.3. The molecule has 0 radical (unpaired) electrons. The molecule has 0 saturated heterocycles. The highest BCUT2D eigenvalue weighted by atomic mass is 35.5. The first-order valence-electron chi connectivity index (χ1n) is 12.0. The second kappa shape index (κ2) is 12.0. The maximum atomic E-state index is 13.4. The van der Waals surface area contributed by atoms with Crippen molar-refractivity contribution in [2.24, 2.45) is 0 Å². The van der Waals surface area contributed by atoms with E-state index in [-0.39, 0.29) is 12.2 Å². The lowest BCUT2D eigenvalue weighted by molar-refractivity contribution is -0.123. The van der Waals surface area contributed by atoms with Gasteiger partial charge in [0.25, 0.3) is 0 Å². The van der Waals surface area contributed by atoms with Crippen LogP contribution in [-0.4, -0.2) is 49.6 Å². The van der Waals surface area contributed by atoms with Crippen LogP contribution in [0.5, 0.6) is 0 Å². The first kappa shape index (κ1) is 26.3. The Labute approximate surface area is 232 Å². The molecule has 3 N–H and O–H groups in total. The van der Waals surface area contributed by atoms with Crippen LogP contribution in [0.4, 0.5) is 11.5 Å². The smallest absolute Gasteiger partial charge is 0.248 e. The average molecular weight is 557 g/mol. The standard InChI is InChI=1S/C27H21ClN8O4/c28-19-7-9-23(36-15-30-34-35-36)18(13-19)6-11-25(38)31-22(12-17-4-2-1-3-5-17)27(39)32-26-21-14-20(29-16-37)8-10-24(21)40-33-26/h1-11,13-16,22H,12H2,(H,29,37)(H,31,38)(H,32,33,39)/b11-6+/t22-/m0/s1. The zero-order chi connectivity index (χ0) is 27.9. The third-order valence-electron chi connectivity index (χ3n) is 5.85. The molecule has 0 aliphatic carbocycles. The van der Waals surface area contributed by atoms with Crippen molar-refractivity contribution in [3.63, 3.8) is 0 Å². The molecule has 13 heteroatoms. The van der Waals surface area contributed by atoms with Crippen molar-refractivity contribution in [2.45, 2.75) is 12.5 Å². The summed E-state index contributed by atoms with van der Waals surface area (Å²) in [4.78, 5) is 37.2. The Bertz CT molecular complexity index is 1690. The molecule has 40 heavy (non-hydrogen) atoms. The second-order valence-electron chi connectivity index (χ2n) is 8.54. The molecule has 3 aromatic carbocycles. The number of fused-ring (bicyclic) bond motifs is 1. The number of tetrazole rings is 1. The highest BCUT2D eigenvalue weighted by Crippen LogP contribution is 2.26. The van der Waals surface area contributed by atoms with Gasteiger partial charge in [0.05, 0.1) is 11.1 Å². The quantitative estimate of drug-likeness (QED) is 0.174. The van der Waals surface area contributed by atoms with Gasteiger partial charge in [-0.1, -0.05) is 47.1 Å². The van der Waals surface area contributed by atoms with Gasteiger partial charge >= 0.3 is 0 Å². The largest absolute Gasteiger partial charge is 0.354 e. The molecule has 0 spiro atoms. The lowest BCUT2D eigenvalue weighted by Gasteiger charge is -2.17. The fourth-order valence-corrected chi connectivity index (χ4v) is 4.15. The van der Waals surface area contributed by atoms with Crippen molar-refractivity contribution >= 4 is 58.4 Å². The summed E-state index contributed by atoms with van der Waals surface area (Å²) < 4.78 is 6.74. The lowest BCUT2D eigenvalue weighted by Crippen LogP contribution is -2.44. The number of nitrogens with zero attached hydrogens (tertiary/aromatic N) is 5. The summed E-state index contributed by atoms with van der Waals surface area (Å²) in [7, 11) is 0. The molecule has 0 bridgehead atoms. The summed E-state index contributed by atoms with van der Waals surface area (Å²) in [5, 5.41) is 24.1. The number of benzene rings is 3. The van der Waals surface area contributed by atoms with Crippen molar-refractivity contribution < 1.29 is 18.9 Å². The molecule has 200 valence electrons. The maximum Gasteiger partial charge on any atom is 0.248 e. The van der Waals surface area contributed by atoms with Crippen LogP contribution in [0.2, 0.25) is 5.02 Å². The number of amides is 3. The average Bonchev–Trinajstić information content (AvgIpc) is 3.63. The molecule has 2 aromatic heterocycles. The van der Waals surface area contributed by atoms with Crippen LogP contribution < -0.4 is 16.0 Å². The molecule has 12 nitrogen and oxygen atoms in total. The number of nitrogens with one attached hydrogen (secondary N) is 3. The number of aromatic nitrogens is 5. The van der Waals surface area contributed by atoms with Gasteiger partial charge in [-0.2, -0.15) is 4.68 Å². The van der Waals surface area contributed by atoms with E-state index < -0.39 is 17.9 Å². The Morgan fingerprint density at radius 3 is 2.70 bits per heavy atom. The molecule has 2 heterocycles. The zero-order valence-electron chi connectivity index (χ0n) is 20.7. The highest BCUT2D eigenvalue weighted by Gasteiger charge is 2.23. The number of halogens is 1. The molecule has 0 aliphatic heterocycles. The van der Waals surface area contributed by atoms with Crippen molar-refractivity contribution in [1.82, 2.24) is 30.7 Å². The van der Waals surface area contributed by atoms with Crippen LogP contribution in [0.1, 0.15) is 11.1 Å². The first-order chi connectivity index (χ1) is 19.5. The predicted molar refractivity (Wildman–Crippen MR) is 148 cm³/mol. The fourth-order valence-electron chi connectivity index (χ4n) is 3.97. The summed E-state index contributed by atoms with van der Waals surface area (Å²) in [6.07, 6.45) is 5.04. The Kier molecular flexibility index (Phi) is 7.88. The molecular weight excluding hydrogens is 536 g/mol. The minimum Gasteiger partial charge on any atom is -0.354 e. The van der Waals surface area contributed by atoms with E-state index in [9.17, 15) is 14.4 Å². The van der Waals surface area contributed by atoms with Gasteiger partial charge in [-0.25, -0.2) is 0 Å². The topological polar surface area (TPSA) is 157 Å². The number of hydrogen-bond acceptors (Lipinski definition) is 8. The van der Waals surface area contributed by atoms with Crippen LogP contribution in [0.15, 0.2) is 83.7 Å². The molecule has 0 saturated carbocycles. The maximum absolute atomic E-state index is 13.4. The number of carbonyl (C=O) groups excluding carboxylic acids is 3. The van der Waals surface area contributed by atoms with Crippen molar-refractivity contribution in [2.75, 3.05) is 10.6 Å². The third kappa shape index (κ3) is 6.19. The normalized spacial score (nSPS) is 11.8. The van der Waals surface area contributed by atoms with E-state index in [1.807, 2.05) is 30.3 Å². The Balaban J connectivity index is 1.37. The molecule has 1 atom stereocenters. The first-order valence-corrected chi connectivity index (χ1v) is 12.3. The van der Waals surface area contributed by atoms with Crippen molar-refractivity contribution in [3.8, 4) is 5.69 Å². The number of anilines is 2. The van der Waals surface area contributed by atoms with Crippen LogP contribution in [0.25, 0.3) is 22.7 Å². The van der Waals surface area contributed by atoms with Gasteiger partial charge in [0.15, 0.2) is 11.4 Å². The number of rotatable bonds is 10. The Hall–Kier alpha value is -5.36. The van der Waals surface area contributed by atoms with E-state index in [0.29, 0.717) is 39.3 Å². The molecule has 0 aliphatic rings. The summed E-state index contributed by atoms with van der Waals surface area (Å²) in [5.74, 6) is -0.865. The van der Waals surface area contributed by atoms with Gasteiger partial charge in [-0.3, -0.25) is 14.4 Å². The van der Waals surface area contributed by atoms with Gasteiger partial charge in [0.1, 0.15) is 12.4 Å². The van der Waals surface area contributed by atoms with E-state index in [1.165, 1.54) is 17.1 Å². The summed E-state index contributed by atoms with van der Waals surface area (Å²) in [6.45, 7) is 0. The molecule has 0 fully saturated rings. The van der Waals surface area contributed by atoms with Gasteiger partial charge in [0, 0.05) is 28.8 Å². The van der Waals surface area contributed by atoms with E-state index in [1.54, 1.807) is 42.5 Å². The molecule has 5 rings (SSSR count). The highest BCUT2D eigenvalue weighted by molar-refractivity contribution is 6.30. The van der Waals surface area contributed by atoms with Crippen LogP contribution >= 0.6 is 11.6 Å². The van der Waals surface area contributed by atoms with E-state index in [2.05, 4.69) is 36.6 Å². The molecule has 5 aromatic rings. The lowest BCUT2D eigenvalue weighted by atomic mass is 10.0. The Morgan fingerprint density at radius 2 is 1.93 bits per heavy atom. The third-order valence-corrected chi connectivity index (χ3v) is 6.09. The predicted octanol–water partition coefficient (Wildman–Crippen LogP) is 3.40. The number of hydrogen-bond donors (Lipinski definition) is 3. The van der Waals surface area contributed by atoms with Crippen LogP contribution in [-0.2, 0) is 20.8 Å². The summed E-state index contributed by atoms with van der Waals surface area (Å²) in [5.41, 5.74) is 2.96. The minimum absolute atomic E-state index is 0.155. The SMILES string of the molecule is O=CNc1ccc2onc(NC(=O)[C@H](Cc3ccccc3)NC(=O)/C=C/c3cc(Cl)ccc3-n3cnnn3)c2c1. The van der Waals surface area contributed by atoms with Gasteiger partial charge in [-0.05, 0) is 58.5 Å². The zero-order valence-corrected chi connectivity index (χ0v) is 21.4. The Morgan fingerprint density at radius 1 is 1.07 bits per heavy atom. The van der Waals surface area contributed by atoms with E-state index in [4.69, 9.17) is 16.1 Å². The fraction of sp³-hybridized carbons (Fsp3) is 0.0741. The van der Waals surface area contributed by atoms with Crippen LogP contribution in [0, 0.1) is 0 Å². The van der Waals surface area contributed by atoms with E-state index in [0.717, 1.165) is 5.56 Å². The summed E-state index contributed by atoms with van der Waals surface area (Å²) >= 11 is 6.16.